The molecule has 1 amide bonds. The number of ketones is 1. The second-order valence-corrected chi connectivity index (χ2v) is 9.92. The van der Waals surface area contributed by atoms with Crippen LogP contribution in [0.3, 0.4) is 0 Å². The molecule has 1 aliphatic rings. The van der Waals surface area contributed by atoms with E-state index in [9.17, 15) is 19.5 Å². The van der Waals surface area contributed by atoms with Gasteiger partial charge in [-0.1, -0.05) is 54.5 Å². The SMILES string of the molecule is CCCCOc1ccc(/C(O)=C2/C(=O)C(=O)N(c3nc(C)c(C(=O)OCC)s3)C2c2ccc(C)cc2)cc1. The van der Waals surface area contributed by atoms with Gasteiger partial charge >= 0.3 is 11.9 Å². The Kier molecular flexibility index (Phi) is 8.26. The predicted octanol–water partition coefficient (Wildman–Crippen LogP) is 5.74. The highest BCUT2D eigenvalue weighted by Gasteiger charge is 2.48. The fourth-order valence-corrected chi connectivity index (χ4v) is 5.15. The second-order valence-electron chi connectivity index (χ2n) is 8.94. The molecular formula is C29H30N2O6S. The molecule has 0 bridgehead atoms. The van der Waals surface area contributed by atoms with Crippen molar-refractivity contribution in [1.29, 1.82) is 0 Å². The van der Waals surface area contributed by atoms with Crippen LogP contribution in [-0.4, -0.2) is 41.0 Å². The van der Waals surface area contributed by atoms with E-state index in [2.05, 4.69) is 11.9 Å². The third-order valence-electron chi connectivity index (χ3n) is 6.18. The molecule has 198 valence electrons. The number of carbonyl (C=O) groups excluding carboxylic acids is 3. The Morgan fingerprint density at radius 3 is 2.37 bits per heavy atom. The van der Waals surface area contributed by atoms with Gasteiger partial charge in [0.1, 0.15) is 16.4 Å². The number of aryl methyl sites for hydroxylation is 2. The molecule has 1 unspecified atom stereocenters. The molecule has 1 atom stereocenters. The van der Waals surface area contributed by atoms with E-state index in [-0.39, 0.29) is 27.9 Å². The van der Waals surface area contributed by atoms with Gasteiger partial charge in [-0.3, -0.25) is 14.5 Å². The summed E-state index contributed by atoms with van der Waals surface area (Å²) in [6, 6.07) is 13.2. The van der Waals surface area contributed by atoms with Crippen molar-refractivity contribution in [2.24, 2.45) is 0 Å². The van der Waals surface area contributed by atoms with Crippen LogP contribution in [0, 0.1) is 13.8 Å². The van der Waals surface area contributed by atoms with Crippen LogP contribution >= 0.6 is 11.3 Å². The summed E-state index contributed by atoms with van der Waals surface area (Å²) in [5.74, 6) is -1.85. The van der Waals surface area contributed by atoms with E-state index in [1.807, 2.05) is 31.2 Å². The van der Waals surface area contributed by atoms with E-state index in [1.54, 1.807) is 38.1 Å². The smallest absolute Gasteiger partial charge is 0.350 e. The highest BCUT2D eigenvalue weighted by molar-refractivity contribution is 7.17. The number of benzene rings is 2. The van der Waals surface area contributed by atoms with Gasteiger partial charge in [-0.15, -0.1) is 0 Å². The van der Waals surface area contributed by atoms with E-state index in [0.29, 0.717) is 29.2 Å². The van der Waals surface area contributed by atoms with Crippen LogP contribution in [0.1, 0.15) is 64.8 Å². The first-order chi connectivity index (χ1) is 18.3. The van der Waals surface area contributed by atoms with Gasteiger partial charge in [-0.2, -0.15) is 0 Å². The summed E-state index contributed by atoms with van der Waals surface area (Å²) in [5, 5.41) is 11.5. The maximum atomic E-state index is 13.4. The lowest BCUT2D eigenvalue weighted by atomic mass is 9.95. The van der Waals surface area contributed by atoms with Crippen LogP contribution in [0.5, 0.6) is 5.75 Å². The van der Waals surface area contributed by atoms with Crippen LogP contribution in [0.2, 0.25) is 0 Å². The molecule has 0 radical (unpaired) electrons. The van der Waals surface area contributed by atoms with Crippen LogP contribution in [0.15, 0.2) is 54.1 Å². The summed E-state index contributed by atoms with van der Waals surface area (Å²) < 4.78 is 10.8. The first kappa shape index (κ1) is 27.1. The van der Waals surface area contributed by atoms with Gasteiger partial charge in [0.25, 0.3) is 5.78 Å². The number of aliphatic hydroxyl groups is 1. The monoisotopic (exact) mass is 534 g/mol. The topological polar surface area (TPSA) is 106 Å². The molecule has 0 saturated carbocycles. The van der Waals surface area contributed by atoms with Crippen molar-refractivity contribution in [3.05, 3.63) is 81.4 Å². The second kappa shape index (κ2) is 11.6. The maximum Gasteiger partial charge on any atom is 0.350 e. The molecule has 0 spiro atoms. The number of nitrogens with zero attached hydrogens (tertiary/aromatic N) is 2. The van der Waals surface area contributed by atoms with E-state index < -0.39 is 23.7 Å². The lowest BCUT2D eigenvalue weighted by molar-refractivity contribution is -0.132. The molecular weight excluding hydrogens is 504 g/mol. The standard InChI is InChI=1S/C29H30N2O6S/c1-5-7-16-37-21-14-12-20(13-15-21)24(32)22-23(19-10-8-17(3)9-11-19)31(27(34)25(22)33)29-30-18(4)26(38-29)28(35)36-6-2/h8-15,23,32H,5-7,16H2,1-4H3/b24-22-. The van der Waals surface area contributed by atoms with Crippen LogP contribution < -0.4 is 9.64 Å². The number of unbranched alkanes of at least 4 members (excludes halogenated alkanes) is 1. The van der Waals surface area contributed by atoms with Gasteiger partial charge in [0, 0.05) is 5.56 Å². The van der Waals surface area contributed by atoms with Gasteiger partial charge in [0.05, 0.1) is 30.5 Å². The van der Waals surface area contributed by atoms with Crippen molar-refractivity contribution >= 4 is 39.9 Å². The molecule has 1 aromatic heterocycles. The number of hydrogen-bond acceptors (Lipinski definition) is 8. The lowest BCUT2D eigenvalue weighted by Crippen LogP contribution is -2.29. The van der Waals surface area contributed by atoms with E-state index in [4.69, 9.17) is 9.47 Å². The number of Topliss-reactive ketones (excluding diaryl/α,β-unsaturated/α-hetero) is 1. The molecule has 2 aromatic carbocycles. The van der Waals surface area contributed by atoms with E-state index >= 15 is 0 Å². The molecule has 1 aliphatic heterocycles. The largest absolute Gasteiger partial charge is 0.507 e. The molecule has 2 heterocycles. The van der Waals surface area contributed by atoms with Crippen molar-refractivity contribution in [3.8, 4) is 5.75 Å². The quantitative estimate of drug-likeness (QED) is 0.123. The number of rotatable bonds is 9. The molecule has 0 aliphatic carbocycles. The Hall–Kier alpha value is -3.98. The van der Waals surface area contributed by atoms with Gasteiger partial charge in [-0.05, 0) is 57.0 Å². The minimum atomic E-state index is -0.934. The van der Waals surface area contributed by atoms with Gasteiger partial charge in [0.15, 0.2) is 5.13 Å². The number of esters is 1. The number of aromatic nitrogens is 1. The Labute approximate surface area is 225 Å². The van der Waals surface area contributed by atoms with Crippen molar-refractivity contribution < 1.29 is 29.0 Å². The maximum absolute atomic E-state index is 13.4. The molecule has 1 fully saturated rings. The molecule has 1 N–H and O–H groups in total. The minimum Gasteiger partial charge on any atom is -0.507 e. The third-order valence-corrected chi connectivity index (χ3v) is 7.32. The fraction of sp³-hybridized carbons (Fsp3) is 0.310. The normalized spacial score (nSPS) is 16.6. The summed E-state index contributed by atoms with van der Waals surface area (Å²) in [5.41, 5.74) is 2.35. The Balaban J connectivity index is 1.80. The van der Waals surface area contributed by atoms with Crippen LogP contribution in [0.4, 0.5) is 5.13 Å². The van der Waals surface area contributed by atoms with Crippen molar-refractivity contribution in [2.45, 2.75) is 46.6 Å². The number of aliphatic hydroxyl groups excluding tert-OH is 1. The zero-order valence-corrected chi connectivity index (χ0v) is 22.6. The van der Waals surface area contributed by atoms with Crippen LogP contribution in [0.25, 0.3) is 5.76 Å². The minimum absolute atomic E-state index is 0.0518. The molecule has 9 heteroatoms. The highest BCUT2D eigenvalue weighted by atomic mass is 32.1. The third kappa shape index (κ3) is 5.33. The number of anilines is 1. The van der Waals surface area contributed by atoms with Gasteiger partial charge < -0.3 is 14.6 Å². The van der Waals surface area contributed by atoms with E-state index in [1.165, 1.54) is 4.90 Å². The molecule has 4 rings (SSSR count). The number of thiazole rings is 1. The summed E-state index contributed by atoms with van der Waals surface area (Å²) in [7, 11) is 0. The lowest BCUT2D eigenvalue weighted by Gasteiger charge is -2.23. The van der Waals surface area contributed by atoms with Crippen molar-refractivity contribution in [2.75, 3.05) is 18.1 Å². The highest BCUT2D eigenvalue weighted by Crippen LogP contribution is 2.44. The van der Waals surface area contributed by atoms with E-state index in [0.717, 1.165) is 29.7 Å². The average molecular weight is 535 g/mol. The fourth-order valence-electron chi connectivity index (χ4n) is 4.16. The summed E-state index contributed by atoms with van der Waals surface area (Å²) >= 11 is 0.980. The van der Waals surface area contributed by atoms with Gasteiger partial charge in [-0.25, -0.2) is 9.78 Å². The molecule has 3 aromatic rings. The van der Waals surface area contributed by atoms with Crippen LogP contribution in [-0.2, 0) is 14.3 Å². The Morgan fingerprint density at radius 1 is 1.05 bits per heavy atom. The Morgan fingerprint density at radius 2 is 1.74 bits per heavy atom. The van der Waals surface area contributed by atoms with Gasteiger partial charge in [0.2, 0.25) is 0 Å². The first-order valence-corrected chi connectivity index (χ1v) is 13.3. The van der Waals surface area contributed by atoms with Crippen molar-refractivity contribution in [3.63, 3.8) is 0 Å². The number of amides is 1. The molecule has 1 saturated heterocycles. The molecule has 8 nitrogen and oxygen atoms in total. The molecule has 38 heavy (non-hydrogen) atoms. The Bertz CT molecular complexity index is 1380. The number of ether oxygens (including phenoxy) is 2. The zero-order valence-electron chi connectivity index (χ0n) is 21.8. The zero-order chi connectivity index (χ0) is 27.4. The average Bonchev–Trinajstić information content (AvgIpc) is 3.41. The number of hydrogen-bond donors (Lipinski definition) is 1. The predicted molar refractivity (Wildman–Crippen MR) is 146 cm³/mol. The first-order valence-electron chi connectivity index (χ1n) is 12.5. The number of carbonyl (C=O) groups is 3. The van der Waals surface area contributed by atoms with Crippen molar-refractivity contribution in [1.82, 2.24) is 4.98 Å². The summed E-state index contributed by atoms with van der Waals surface area (Å²) in [6.45, 7) is 8.14. The summed E-state index contributed by atoms with van der Waals surface area (Å²) in [6.07, 6.45) is 1.94. The summed E-state index contributed by atoms with van der Waals surface area (Å²) in [4.78, 5) is 45.1.